The summed E-state index contributed by atoms with van der Waals surface area (Å²) in [4.78, 5) is 7.52. The van der Waals surface area contributed by atoms with Crippen molar-refractivity contribution in [1.29, 1.82) is 0 Å². The number of hydrogen-bond acceptors (Lipinski definition) is 24. The summed E-state index contributed by atoms with van der Waals surface area (Å²) < 4.78 is 498. The molecule has 0 spiro atoms. The van der Waals surface area contributed by atoms with Crippen LogP contribution in [0.4, 0.5) is 0 Å². The molecule has 24 heteroatoms. The minimum absolute atomic E-state index is 0.0204. The number of hydrogen-bond donors (Lipinski definition) is 6. The van der Waals surface area contributed by atoms with Crippen LogP contribution >= 0.6 is 0 Å². The Balaban J connectivity index is 0.000000186. The van der Waals surface area contributed by atoms with Gasteiger partial charge in [-0.25, -0.2) is 0 Å². The van der Waals surface area contributed by atoms with E-state index in [0.29, 0.717) is 118 Å². The van der Waals surface area contributed by atoms with Crippen molar-refractivity contribution in [2.24, 2.45) is 70.9 Å². The van der Waals surface area contributed by atoms with Crippen molar-refractivity contribution >= 4 is 0 Å². The molecule has 0 amide bonds. The van der Waals surface area contributed by atoms with E-state index in [-0.39, 0.29) is 136 Å². The molecule has 6 N–H and O–H groups in total. The second-order valence-corrected chi connectivity index (χ2v) is 37.6. The van der Waals surface area contributed by atoms with Crippen LogP contribution in [0.15, 0.2) is 72.8 Å². The number of aryl methyl sites for hydroxylation is 5. The van der Waals surface area contributed by atoms with E-state index in [1.807, 2.05) is 13.8 Å². The molecule has 768 valence electrons. The number of nitrogens with zero attached hydrogens (tertiary/aromatic N) is 6. The molecule has 0 radical (unpaired) electrons. The van der Waals surface area contributed by atoms with E-state index in [9.17, 15) is 30.6 Å². The van der Waals surface area contributed by atoms with Gasteiger partial charge in [0.1, 0.15) is 0 Å². The highest BCUT2D eigenvalue weighted by Gasteiger charge is 2.47. The van der Waals surface area contributed by atoms with E-state index < -0.39 is 259 Å². The third kappa shape index (κ3) is 25.4. The average Bonchev–Trinajstić information content (AvgIpc) is 0.650. The van der Waals surface area contributed by atoms with E-state index in [0.717, 1.165) is 48.6 Å². The van der Waals surface area contributed by atoms with Crippen LogP contribution < -0.4 is 56.8 Å². The predicted octanol–water partition coefficient (Wildman–Crippen LogP) is 18.2. The number of piperidine rings is 6. The third-order valence-corrected chi connectivity index (χ3v) is 26.8. The lowest BCUT2D eigenvalue weighted by Crippen LogP contribution is -2.48. The lowest BCUT2D eigenvalue weighted by Gasteiger charge is -2.46. The SMILES string of the molecule is [2H]C([2H])([2H])C([2H])(C)C([2H])([2H])C1CN2C(CC1O)c1cc(OC)c(OC)cc1C([2H])([2H])C2([2H])[2H].[2H]C([2H])([2H])Oc1cc2c(cc1OC)C([2H])([2H])C([2H])([2H])N1CC(C([2H])([2H])C([2H])(C)C([2H])([2H])[2H])C(O)CC21.[2H]C([2H])([2H])Oc1cc2c(cc1OC)C([2H])([2H])C([2H])([2H])N1CC(CC(C)C)C(O)CC21.[2H]C([2H])([2H])Oc1cc2c(cc1OC)CCN1C2C([2H])([2H])C([2H])(O)C([2H])(C([2H])([2H])C([2H])(C)C([2H])([2H])[2H])C1([2H])[2H].[2H]C1([2H])c2cc(OC)c(OC)cc2C2CC(O)C(CC(C)C)CN2C1([2H])[2H].[2H]C1([2H])c2cc(OC)c(OC)cc2C2CC(O)C(CC(C)C)CN2C1([2H])[2H]. The van der Waals surface area contributed by atoms with E-state index in [1.165, 1.54) is 117 Å². The maximum atomic E-state index is 11.3. The molecular formula is C114H174N6O18. The minimum atomic E-state index is -3.97. The first-order valence-electron chi connectivity index (χ1n) is 73.1. The van der Waals surface area contributed by atoms with Crippen molar-refractivity contribution in [3.8, 4) is 69.0 Å². The first-order valence-corrected chi connectivity index (χ1v) is 46.6. The van der Waals surface area contributed by atoms with Crippen LogP contribution in [0.5, 0.6) is 69.0 Å². The molecule has 138 heavy (non-hydrogen) atoms. The van der Waals surface area contributed by atoms with Crippen LogP contribution in [-0.2, 0) is 38.3 Å². The van der Waals surface area contributed by atoms with E-state index in [1.54, 1.807) is 21.9 Å². The van der Waals surface area contributed by atoms with E-state index in [4.69, 9.17) is 129 Å². The van der Waals surface area contributed by atoms with Crippen molar-refractivity contribution < 1.29 is 160 Å². The van der Waals surface area contributed by atoms with Crippen LogP contribution in [0, 0.1) is 70.9 Å². The Morgan fingerprint density at radius 1 is 0.319 bits per heavy atom. The third-order valence-electron chi connectivity index (χ3n) is 26.8. The molecule has 0 aromatic heterocycles. The van der Waals surface area contributed by atoms with E-state index in [2.05, 4.69) is 27.7 Å². The number of ether oxygens (including phenoxy) is 12. The molecule has 0 bridgehead atoms. The van der Waals surface area contributed by atoms with Gasteiger partial charge in [-0.2, -0.15) is 0 Å². The fourth-order valence-corrected chi connectivity index (χ4v) is 20.3. The molecule has 6 saturated heterocycles. The lowest BCUT2D eigenvalue weighted by molar-refractivity contribution is -0.0192. The minimum Gasteiger partial charge on any atom is -0.493 e. The number of benzene rings is 6. The van der Waals surface area contributed by atoms with Crippen molar-refractivity contribution in [3.05, 3.63) is 140 Å². The Hall–Kier alpha value is -7.56. The van der Waals surface area contributed by atoms with Gasteiger partial charge in [0.2, 0.25) is 0 Å². The zero-order valence-electron chi connectivity index (χ0n) is 135. The molecule has 12 heterocycles. The summed E-state index contributed by atoms with van der Waals surface area (Å²) in [5.74, 6) is -13.2. The summed E-state index contributed by atoms with van der Waals surface area (Å²) >= 11 is 0. The second-order valence-electron chi connectivity index (χ2n) is 37.6. The van der Waals surface area contributed by atoms with Gasteiger partial charge in [0, 0.05) is 173 Å². The van der Waals surface area contributed by atoms with Crippen molar-refractivity contribution in [3.63, 3.8) is 0 Å². The van der Waals surface area contributed by atoms with Crippen molar-refractivity contribution in [2.45, 2.75) is 271 Å². The van der Waals surface area contributed by atoms with Gasteiger partial charge >= 0.3 is 0 Å². The van der Waals surface area contributed by atoms with Gasteiger partial charge in [-0.3, -0.25) is 29.4 Å². The molecule has 21 atom stereocenters. The number of fused-ring (bicyclic) bond motifs is 18. The smallest absolute Gasteiger partial charge is 0.161 e. The molecule has 12 aliphatic heterocycles. The van der Waals surface area contributed by atoms with Gasteiger partial charge < -0.3 is 87.5 Å². The normalized spacial score (nSPS) is 40.7. The van der Waals surface area contributed by atoms with Crippen LogP contribution in [0.2, 0.25) is 0 Å². The van der Waals surface area contributed by atoms with Gasteiger partial charge in [-0.15, -0.1) is 0 Å². The highest BCUT2D eigenvalue weighted by Crippen LogP contribution is 2.52. The highest BCUT2D eigenvalue weighted by molar-refractivity contribution is 5.55. The Labute approximate surface area is 901 Å². The van der Waals surface area contributed by atoms with Gasteiger partial charge in [-0.05, 0) is 326 Å². The molecular weight excluding hydrogens is 1740 g/mol. The Bertz CT molecular complexity index is 7310. The summed E-state index contributed by atoms with van der Waals surface area (Å²) in [6.45, 7) is -10.8. The summed E-state index contributed by atoms with van der Waals surface area (Å²) in [6.07, 6.45) is -30.8. The number of methoxy groups -OCH3 is 12. The molecule has 6 aromatic rings. The Morgan fingerprint density at radius 3 is 0.804 bits per heavy atom. The molecule has 21 unspecified atom stereocenters. The standard InChI is InChI=1S/6C19H29NO3/c6*1-12(2)7-14-11-20-6-5-13-8-18(22-3)19(23-4)9-15(13)16(20)10-17(14)21/h6*8-9,12,14,16-17,21H,5-7,10-11H2,1-4H3/i1D3,4D3,7D2,10D2,11D2,12D,14D,17D;1D3,4D3,5D2,6D2,7D2,12D;1D3,5D2,6D2,7D2,12D;4D3,5D2,6D2;2*5D2,6D2. The van der Waals surface area contributed by atoms with Crippen molar-refractivity contribution in [2.75, 3.05) is 163 Å². The molecule has 6 fully saturated rings. The fourth-order valence-electron chi connectivity index (χ4n) is 20.3. The molecule has 0 saturated carbocycles. The summed E-state index contributed by atoms with van der Waals surface area (Å²) in [7, 11) is 4.00. The molecule has 6 aromatic carbocycles. The average molecular weight is 1970 g/mol. The van der Waals surface area contributed by atoms with Crippen molar-refractivity contribution in [1.82, 2.24) is 29.4 Å². The first-order chi connectivity index (χ1) is 86.4. The lowest BCUT2D eigenvalue weighted by atomic mass is 9.79. The summed E-state index contributed by atoms with van der Waals surface area (Å²) in [5, 5.41) is 65.4. The molecule has 18 rings (SSSR count). The second kappa shape index (κ2) is 49.1. The zero-order chi connectivity index (χ0) is 146. The monoisotopic (exact) mass is 1970 g/mol. The van der Waals surface area contributed by atoms with Gasteiger partial charge in [0.05, 0.1) is 135 Å². The number of aliphatic hydroxyl groups is 6. The first kappa shape index (κ1) is 57.2. The maximum Gasteiger partial charge on any atom is 0.161 e. The van der Waals surface area contributed by atoms with Gasteiger partial charge in [0.15, 0.2) is 69.0 Å². The summed E-state index contributed by atoms with van der Waals surface area (Å²) in [6, 6.07) is 11.8. The maximum absolute atomic E-state index is 11.3. The number of aliphatic hydroxyl groups excluding tert-OH is 5. The highest BCUT2D eigenvalue weighted by atomic mass is 16.5. The Kier molecular flexibility index (Phi) is 20.4. The quantitative estimate of drug-likeness (QED) is 0.0329. The summed E-state index contributed by atoms with van der Waals surface area (Å²) in [5.41, 5.74) is 2.97. The predicted molar refractivity (Wildman–Crippen MR) is 547 cm³/mol. The van der Waals surface area contributed by atoms with Crippen LogP contribution in [0.25, 0.3) is 0 Å². The largest absolute Gasteiger partial charge is 0.493 e. The molecule has 24 nitrogen and oxygen atoms in total. The molecule has 12 aliphatic rings. The fraction of sp³-hybridized carbons (Fsp3) is 0.684. The number of rotatable bonds is 24. The van der Waals surface area contributed by atoms with E-state index >= 15 is 0 Å². The van der Waals surface area contributed by atoms with Crippen LogP contribution in [-0.4, -0.2) is 260 Å². The topological polar surface area (TPSA) is 252 Å². The van der Waals surface area contributed by atoms with Gasteiger partial charge in [0.25, 0.3) is 0 Å². The Morgan fingerprint density at radius 2 is 0.551 bits per heavy atom. The van der Waals surface area contributed by atoms with Crippen LogP contribution in [0.3, 0.4) is 0 Å². The zero-order valence-corrected chi connectivity index (χ0v) is 81.8. The van der Waals surface area contributed by atoms with Crippen LogP contribution in [0.1, 0.15) is 335 Å². The van der Waals surface area contributed by atoms with Gasteiger partial charge in [-0.1, -0.05) is 82.9 Å². The molecule has 0 aliphatic carbocycles.